The van der Waals surface area contributed by atoms with Crippen molar-refractivity contribution >= 4 is 45.1 Å². The number of fused-ring (bicyclic) bond motifs is 6. The fourth-order valence-electron chi connectivity index (χ4n) is 5.74. The molecule has 170 valence electrons. The lowest BCUT2D eigenvalue weighted by molar-refractivity contribution is -0.131. The van der Waals surface area contributed by atoms with E-state index >= 15 is 0 Å². The van der Waals surface area contributed by atoms with Crippen molar-refractivity contribution in [3.8, 4) is 11.5 Å². The fraction of sp³-hybridized carbons (Fsp3) is 0.241. The van der Waals surface area contributed by atoms with Gasteiger partial charge in [-0.25, -0.2) is 0 Å². The average molecular weight is 451 g/mol. The summed E-state index contributed by atoms with van der Waals surface area (Å²) < 4.78 is 12.3. The van der Waals surface area contributed by atoms with E-state index in [0.717, 1.165) is 33.5 Å². The molecule has 0 bridgehead atoms. The molecule has 0 aliphatic carbocycles. The van der Waals surface area contributed by atoms with Gasteiger partial charge in [0, 0.05) is 25.0 Å². The zero-order chi connectivity index (χ0) is 23.8. The lowest BCUT2D eigenvalue weighted by Gasteiger charge is -2.45. The van der Waals surface area contributed by atoms with Crippen LogP contribution in [0.15, 0.2) is 65.7 Å². The third-order valence-electron chi connectivity index (χ3n) is 7.43. The highest BCUT2D eigenvalue weighted by Crippen LogP contribution is 2.56. The van der Waals surface area contributed by atoms with Gasteiger partial charge in [-0.1, -0.05) is 36.4 Å². The number of carbonyl (C=O) groups is 1. The standard InChI is InChI=1S/C29H26N2O3/c1-17-14-25-27(23-15-20(33-18(2)32)11-12-21(17)23)30-16-29(34-25)28(3,4)26-22-9-7-6-8-19(22)10-13-24(26)31(29)5/h6-16H,1-5H3. The normalized spacial score (nSPS) is 19.9. The number of esters is 1. The van der Waals surface area contributed by atoms with Gasteiger partial charge in [-0.15, -0.1) is 0 Å². The Kier molecular flexibility index (Phi) is 4.16. The van der Waals surface area contributed by atoms with Gasteiger partial charge in [0.05, 0.1) is 11.6 Å². The van der Waals surface area contributed by atoms with Crippen molar-refractivity contribution in [2.75, 3.05) is 11.9 Å². The van der Waals surface area contributed by atoms with Gasteiger partial charge in [-0.3, -0.25) is 9.79 Å². The topological polar surface area (TPSA) is 51.1 Å². The zero-order valence-corrected chi connectivity index (χ0v) is 20.0. The maximum absolute atomic E-state index is 11.5. The van der Waals surface area contributed by atoms with E-state index in [9.17, 15) is 4.79 Å². The molecule has 0 fully saturated rings. The molecule has 34 heavy (non-hydrogen) atoms. The summed E-state index contributed by atoms with van der Waals surface area (Å²) in [5, 5.41) is 4.41. The Morgan fingerprint density at radius 1 is 1.00 bits per heavy atom. The molecule has 4 aromatic carbocycles. The van der Waals surface area contributed by atoms with Crippen molar-refractivity contribution in [1.82, 2.24) is 0 Å². The van der Waals surface area contributed by atoms with E-state index in [1.165, 1.54) is 23.3 Å². The summed E-state index contributed by atoms with van der Waals surface area (Å²) in [6, 6.07) is 20.6. The second-order valence-electron chi connectivity index (χ2n) is 9.76. The second-order valence-corrected chi connectivity index (χ2v) is 9.76. The van der Waals surface area contributed by atoms with E-state index in [4.69, 9.17) is 14.5 Å². The zero-order valence-electron chi connectivity index (χ0n) is 20.0. The van der Waals surface area contributed by atoms with E-state index in [2.05, 4.69) is 75.2 Å². The minimum Gasteiger partial charge on any atom is -0.459 e. The van der Waals surface area contributed by atoms with Gasteiger partial charge in [0.1, 0.15) is 17.2 Å². The minimum atomic E-state index is -0.778. The van der Waals surface area contributed by atoms with Crippen LogP contribution >= 0.6 is 0 Å². The SMILES string of the molecule is CC(=O)Oc1ccc2c(C)cc3c(c2c1)N=CC1(O3)N(C)c2ccc3ccccc3c2C1(C)C. The third kappa shape index (κ3) is 2.61. The van der Waals surface area contributed by atoms with Crippen LogP contribution in [0.1, 0.15) is 31.9 Å². The van der Waals surface area contributed by atoms with Gasteiger partial charge in [0.25, 0.3) is 0 Å². The number of anilines is 1. The highest BCUT2D eigenvalue weighted by atomic mass is 16.5. The van der Waals surface area contributed by atoms with Crippen molar-refractivity contribution in [2.24, 2.45) is 4.99 Å². The van der Waals surface area contributed by atoms with Crippen LogP contribution in [0.4, 0.5) is 11.4 Å². The molecule has 4 aromatic rings. The van der Waals surface area contributed by atoms with Crippen molar-refractivity contribution in [3.63, 3.8) is 0 Å². The van der Waals surface area contributed by atoms with Crippen LogP contribution in [0.25, 0.3) is 21.5 Å². The Bertz CT molecular complexity index is 1550. The third-order valence-corrected chi connectivity index (χ3v) is 7.43. The predicted molar refractivity (Wildman–Crippen MR) is 137 cm³/mol. The molecule has 2 aliphatic heterocycles. The summed E-state index contributed by atoms with van der Waals surface area (Å²) in [5.41, 5.74) is 3.09. The first kappa shape index (κ1) is 20.7. The van der Waals surface area contributed by atoms with Gasteiger partial charge in [-0.2, -0.15) is 0 Å². The van der Waals surface area contributed by atoms with Crippen LogP contribution in [-0.4, -0.2) is 25.0 Å². The van der Waals surface area contributed by atoms with Gasteiger partial charge < -0.3 is 14.4 Å². The van der Waals surface area contributed by atoms with Gasteiger partial charge in [0.2, 0.25) is 5.72 Å². The molecule has 1 unspecified atom stereocenters. The van der Waals surface area contributed by atoms with E-state index in [-0.39, 0.29) is 11.4 Å². The lowest BCUT2D eigenvalue weighted by Crippen LogP contribution is -2.61. The summed E-state index contributed by atoms with van der Waals surface area (Å²) in [4.78, 5) is 18.7. The van der Waals surface area contributed by atoms with E-state index in [0.29, 0.717) is 5.75 Å². The van der Waals surface area contributed by atoms with Crippen molar-refractivity contribution < 1.29 is 14.3 Å². The molecule has 0 saturated heterocycles. The molecular weight excluding hydrogens is 424 g/mol. The minimum absolute atomic E-state index is 0.348. The summed E-state index contributed by atoms with van der Waals surface area (Å²) in [6.45, 7) is 7.92. The molecule has 0 amide bonds. The maximum atomic E-state index is 11.5. The molecule has 1 spiro atoms. The number of nitrogens with zero attached hydrogens (tertiary/aromatic N) is 2. The Hall–Kier alpha value is -3.86. The number of carbonyl (C=O) groups excluding carboxylic acids is 1. The summed E-state index contributed by atoms with van der Waals surface area (Å²) in [7, 11) is 2.08. The number of aliphatic imine (C=N–C) groups is 1. The van der Waals surface area contributed by atoms with Crippen LogP contribution in [0.2, 0.25) is 0 Å². The smallest absolute Gasteiger partial charge is 0.308 e. The van der Waals surface area contributed by atoms with Crippen LogP contribution in [0.5, 0.6) is 11.5 Å². The largest absolute Gasteiger partial charge is 0.459 e. The first-order chi connectivity index (χ1) is 16.2. The monoisotopic (exact) mass is 450 g/mol. The van der Waals surface area contributed by atoms with Gasteiger partial charge >= 0.3 is 5.97 Å². The maximum Gasteiger partial charge on any atom is 0.308 e. The van der Waals surface area contributed by atoms with E-state index in [1.807, 2.05) is 24.4 Å². The summed E-state index contributed by atoms with van der Waals surface area (Å²) >= 11 is 0. The highest BCUT2D eigenvalue weighted by Gasteiger charge is 2.59. The number of ether oxygens (including phenoxy) is 2. The molecule has 5 heteroatoms. The van der Waals surface area contributed by atoms with Crippen molar-refractivity contribution in [3.05, 3.63) is 71.8 Å². The molecule has 1 atom stereocenters. The molecule has 0 N–H and O–H groups in total. The molecular formula is C29H26N2O3. The molecule has 0 radical (unpaired) electrons. The number of hydrogen-bond acceptors (Lipinski definition) is 5. The Balaban J connectivity index is 1.54. The summed E-state index contributed by atoms with van der Waals surface area (Å²) in [6.07, 6.45) is 1.94. The first-order valence-corrected chi connectivity index (χ1v) is 11.5. The molecule has 5 nitrogen and oxygen atoms in total. The molecule has 0 aromatic heterocycles. The van der Waals surface area contributed by atoms with E-state index in [1.54, 1.807) is 0 Å². The first-order valence-electron chi connectivity index (χ1n) is 11.5. The van der Waals surface area contributed by atoms with Crippen molar-refractivity contribution in [2.45, 2.75) is 38.8 Å². The number of hydrogen-bond donors (Lipinski definition) is 0. The van der Waals surface area contributed by atoms with Crippen LogP contribution < -0.4 is 14.4 Å². The van der Waals surface area contributed by atoms with Crippen LogP contribution in [-0.2, 0) is 10.2 Å². The number of benzene rings is 4. The van der Waals surface area contributed by atoms with Crippen molar-refractivity contribution in [1.29, 1.82) is 0 Å². The molecule has 2 heterocycles. The number of aryl methyl sites for hydroxylation is 1. The molecule has 2 aliphatic rings. The van der Waals surface area contributed by atoms with Crippen LogP contribution in [0, 0.1) is 6.92 Å². The second kappa shape index (κ2) is 6.83. The fourth-order valence-corrected chi connectivity index (χ4v) is 5.74. The predicted octanol–water partition coefficient (Wildman–Crippen LogP) is 6.45. The highest BCUT2D eigenvalue weighted by molar-refractivity contribution is 6.03. The quantitative estimate of drug-likeness (QED) is 0.247. The Morgan fingerprint density at radius 3 is 2.59 bits per heavy atom. The lowest BCUT2D eigenvalue weighted by atomic mass is 9.75. The van der Waals surface area contributed by atoms with E-state index < -0.39 is 5.72 Å². The Morgan fingerprint density at radius 2 is 1.79 bits per heavy atom. The van der Waals surface area contributed by atoms with Gasteiger partial charge in [-0.05, 0) is 72.3 Å². The Labute approximate surface area is 198 Å². The average Bonchev–Trinajstić information content (AvgIpc) is 2.97. The molecule has 6 rings (SSSR count). The van der Waals surface area contributed by atoms with Gasteiger partial charge in [0.15, 0.2) is 0 Å². The number of likely N-dealkylation sites (N-methyl/N-ethyl adjacent to an activating group) is 1. The van der Waals surface area contributed by atoms with Crippen LogP contribution in [0.3, 0.4) is 0 Å². The number of rotatable bonds is 1. The summed E-state index contributed by atoms with van der Waals surface area (Å²) in [5.74, 6) is 0.879. The molecule has 0 saturated carbocycles.